The molecule has 0 unspecified atom stereocenters. The molecule has 3 rings (SSSR count). The summed E-state index contributed by atoms with van der Waals surface area (Å²) in [5, 5.41) is 3.31. The normalized spacial score (nSPS) is 20.1. The highest BCUT2D eigenvalue weighted by molar-refractivity contribution is 7.99. The molecular weight excluding hydrogens is 258 g/mol. The van der Waals surface area contributed by atoms with Gasteiger partial charge in [-0.25, -0.2) is 0 Å². The molecule has 102 valence electrons. The number of thioether (sulfide) groups is 1. The minimum Gasteiger partial charge on any atom is -0.314 e. The molecule has 0 bridgehead atoms. The van der Waals surface area contributed by atoms with Crippen molar-refractivity contribution in [3.63, 3.8) is 0 Å². The molecular formula is C14H19N3OS. The van der Waals surface area contributed by atoms with Crippen LogP contribution in [0.25, 0.3) is 0 Å². The first-order valence-electron chi connectivity index (χ1n) is 6.80. The zero-order valence-electron chi connectivity index (χ0n) is 11.0. The van der Waals surface area contributed by atoms with Gasteiger partial charge in [0, 0.05) is 43.4 Å². The predicted molar refractivity (Wildman–Crippen MR) is 78.8 cm³/mol. The number of rotatable bonds is 2. The van der Waals surface area contributed by atoms with Crippen LogP contribution in [-0.2, 0) is 4.79 Å². The Labute approximate surface area is 118 Å². The minimum absolute atomic E-state index is 0.231. The van der Waals surface area contributed by atoms with Crippen LogP contribution in [0.2, 0.25) is 0 Å². The molecule has 1 N–H and O–H groups in total. The summed E-state index contributed by atoms with van der Waals surface area (Å²) in [4.78, 5) is 17.9. The number of piperazine rings is 1. The Kier molecular flexibility index (Phi) is 4.06. The summed E-state index contributed by atoms with van der Waals surface area (Å²) in [6, 6.07) is 8.20. The molecule has 1 amide bonds. The Balaban J connectivity index is 1.70. The number of hydrogen-bond donors (Lipinski definition) is 1. The lowest BCUT2D eigenvalue weighted by Crippen LogP contribution is -2.49. The number of hydrogen-bond acceptors (Lipinski definition) is 4. The van der Waals surface area contributed by atoms with Gasteiger partial charge in [-0.05, 0) is 12.1 Å². The third kappa shape index (κ3) is 2.94. The Bertz CT molecular complexity index is 460. The molecule has 0 aliphatic carbocycles. The second-order valence-electron chi connectivity index (χ2n) is 4.89. The molecule has 1 saturated heterocycles. The number of nitrogens with zero attached hydrogens (tertiary/aromatic N) is 2. The third-order valence-corrected chi connectivity index (χ3v) is 4.64. The van der Waals surface area contributed by atoms with Crippen molar-refractivity contribution in [2.45, 2.75) is 4.90 Å². The molecule has 2 heterocycles. The van der Waals surface area contributed by atoms with E-state index in [0.29, 0.717) is 6.54 Å². The molecule has 2 aliphatic rings. The van der Waals surface area contributed by atoms with Gasteiger partial charge in [-0.2, -0.15) is 0 Å². The van der Waals surface area contributed by atoms with Crippen LogP contribution >= 0.6 is 11.8 Å². The van der Waals surface area contributed by atoms with E-state index in [-0.39, 0.29) is 5.91 Å². The van der Waals surface area contributed by atoms with E-state index in [4.69, 9.17) is 0 Å². The molecule has 0 saturated carbocycles. The van der Waals surface area contributed by atoms with Crippen LogP contribution in [0.15, 0.2) is 29.2 Å². The number of anilines is 1. The lowest BCUT2D eigenvalue weighted by atomic mass is 10.2. The van der Waals surface area contributed by atoms with Crippen LogP contribution < -0.4 is 10.2 Å². The summed E-state index contributed by atoms with van der Waals surface area (Å²) >= 11 is 1.84. The summed E-state index contributed by atoms with van der Waals surface area (Å²) in [7, 11) is 0. The van der Waals surface area contributed by atoms with E-state index in [2.05, 4.69) is 22.3 Å². The average Bonchev–Trinajstić information content (AvgIpc) is 2.47. The number of carbonyl (C=O) groups excluding carboxylic acids is 1. The molecule has 1 aromatic carbocycles. The van der Waals surface area contributed by atoms with Crippen LogP contribution in [0, 0.1) is 0 Å². The first-order chi connectivity index (χ1) is 9.34. The average molecular weight is 277 g/mol. The molecule has 2 aliphatic heterocycles. The summed E-state index contributed by atoms with van der Waals surface area (Å²) in [6.45, 7) is 5.28. The fourth-order valence-electron chi connectivity index (χ4n) is 2.57. The lowest BCUT2D eigenvalue weighted by molar-refractivity contribution is -0.119. The second kappa shape index (κ2) is 5.94. The minimum atomic E-state index is 0.231. The van der Waals surface area contributed by atoms with Gasteiger partial charge in [0.25, 0.3) is 0 Å². The topological polar surface area (TPSA) is 35.6 Å². The van der Waals surface area contributed by atoms with E-state index in [1.54, 1.807) is 0 Å². The second-order valence-corrected chi connectivity index (χ2v) is 6.02. The first-order valence-corrected chi connectivity index (χ1v) is 7.78. The summed E-state index contributed by atoms with van der Waals surface area (Å²) < 4.78 is 0. The fourth-order valence-corrected chi connectivity index (χ4v) is 3.57. The molecule has 0 atom stereocenters. The Hall–Kier alpha value is -1.04. The van der Waals surface area contributed by atoms with Crippen LogP contribution in [-0.4, -0.2) is 55.8 Å². The Morgan fingerprint density at radius 1 is 1.21 bits per heavy atom. The van der Waals surface area contributed by atoms with Gasteiger partial charge in [0.05, 0.1) is 12.2 Å². The molecule has 0 spiro atoms. The highest BCUT2D eigenvalue weighted by atomic mass is 32.2. The van der Waals surface area contributed by atoms with E-state index < -0.39 is 0 Å². The highest BCUT2D eigenvalue weighted by Gasteiger charge is 2.24. The van der Waals surface area contributed by atoms with Crippen molar-refractivity contribution in [3.05, 3.63) is 24.3 Å². The summed E-state index contributed by atoms with van der Waals surface area (Å²) in [5.74, 6) is 1.22. The van der Waals surface area contributed by atoms with E-state index in [1.165, 1.54) is 4.90 Å². The maximum absolute atomic E-state index is 12.5. The van der Waals surface area contributed by atoms with Gasteiger partial charge in [0.1, 0.15) is 0 Å². The summed E-state index contributed by atoms with van der Waals surface area (Å²) in [6.07, 6.45) is 0. The van der Waals surface area contributed by atoms with Crippen molar-refractivity contribution < 1.29 is 4.79 Å². The van der Waals surface area contributed by atoms with Gasteiger partial charge in [-0.1, -0.05) is 12.1 Å². The van der Waals surface area contributed by atoms with E-state index in [1.807, 2.05) is 28.8 Å². The molecule has 19 heavy (non-hydrogen) atoms. The monoisotopic (exact) mass is 277 g/mol. The number of para-hydroxylation sites is 1. The quantitative estimate of drug-likeness (QED) is 0.876. The first kappa shape index (κ1) is 13.0. The van der Waals surface area contributed by atoms with Crippen molar-refractivity contribution in [1.29, 1.82) is 0 Å². The van der Waals surface area contributed by atoms with Crippen molar-refractivity contribution in [1.82, 2.24) is 10.2 Å². The summed E-state index contributed by atoms with van der Waals surface area (Å²) in [5.41, 5.74) is 1.08. The zero-order valence-corrected chi connectivity index (χ0v) is 11.8. The maximum atomic E-state index is 12.5. The van der Waals surface area contributed by atoms with Gasteiger partial charge in [0.15, 0.2) is 0 Å². The van der Waals surface area contributed by atoms with Crippen LogP contribution in [0.3, 0.4) is 0 Å². The smallest absolute Gasteiger partial charge is 0.241 e. The SMILES string of the molecule is O=C(CN1CCNCC1)N1CCSc2ccccc21. The van der Waals surface area contributed by atoms with E-state index in [0.717, 1.165) is 44.2 Å². The molecule has 0 aromatic heterocycles. The highest BCUT2D eigenvalue weighted by Crippen LogP contribution is 2.34. The number of carbonyl (C=O) groups is 1. The van der Waals surface area contributed by atoms with Crippen molar-refractivity contribution in [3.8, 4) is 0 Å². The fraction of sp³-hybridized carbons (Fsp3) is 0.500. The number of nitrogens with one attached hydrogen (secondary N) is 1. The van der Waals surface area contributed by atoms with Gasteiger partial charge in [0.2, 0.25) is 5.91 Å². The molecule has 5 heteroatoms. The van der Waals surface area contributed by atoms with Crippen LogP contribution in [0.1, 0.15) is 0 Å². The Morgan fingerprint density at radius 2 is 2.00 bits per heavy atom. The van der Waals surface area contributed by atoms with Crippen LogP contribution in [0.5, 0.6) is 0 Å². The molecule has 4 nitrogen and oxygen atoms in total. The predicted octanol–water partition coefficient (Wildman–Crippen LogP) is 1.03. The molecule has 1 fully saturated rings. The number of fused-ring (bicyclic) bond motifs is 1. The van der Waals surface area contributed by atoms with Gasteiger partial charge in [-0.3, -0.25) is 9.69 Å². The van der Waals surface area contributed by atoms with Gasteiger partial charge < -0.3 is 10.2 Å². The van der Waals surface area contributed by atoms with Crippen LogP contribution in [0.4, 0.5) is 5.69 Å². The standard InChI is InChI=1S/C14H19N3OS/c18-14(11-16-7-5-15-6-8-16)17-9-10-19-13-4-2-1-3-12(13)17/h1-4,15H,5-11H2. The zero-order chi connectivity index (χ0) is 13.1. The molecule has 1 aromatic rings. The van der Waals surface area contributed by atoms with Crippen molar-refractivity contribution in [2.24, 2.45) is 0 Å². The van der Waals surface area contributed by atoms with Gasteiger partial charge >= 0.3 is 0 Å². The Morgan fingerprint density at radius 3 is 2.84 bits per heavy atom. The lowest BCUT2D eigenvalue weighted by Gasteiger charge is -2.32. The van der Waals surface area contributed by atoms with Crippen molar-refractivity contribution in [2.75, 3.05) is 49.9 Å². The largest absolute Gasteiger partial charge is 0.314 e. The van der Waals surface area contributed by atoms with Crippen molar-refractivity contribution >= 4 is 23.4 Å². The third-order valence-electron chi connectivity index (χ3n) is 3.60. The van der Waals surface area contributed by atoms with E-state index in [9.17, 15) is 4.79 Å². The van der Waals surface area contributed by atoms with E-state index >= 15 is 0 Å². The maximum Gasteiger partial charge on any atom is 0.241 e. The van der Waals surface area contributed by atoms with Gasteiger partial charge in [-0.15, -0.1) is 11.8 Å². The molecule has 0 radical (unpaired) electrons. The number of benzene rings is 1. The number of amides is 1.